The van der Waals surface area contributed by atoms with Crippen molar-refractivity contribution >= 4 is 43.2 Å². The molecule has 0 bridgehead atoms. The smallest absolute Gasteiger partial charge is 0.256 e. The van der Waals surface area contributed by atoms with Crippen LogP contribution in [0.15, 0.2) is 33.6 Å². The number of primary sulfonamides is 1. The molecule has 11 heteroatoms. The molecule has 2 aromatic rings. The van der Waals surface area contributed by atoms with Gasteiger partial charge in [0.15, 0.2) is 17.5 Å². The first-order valence-corrected chi connectivity index (χ1v) is 8.42. The Labute approximate surface area is 142 Å². The molecule has 24 heavy (non-hydrogen) atoms. The van der Waals surface area contributed by atoms with E-state index in [1.165, 1.54) is 0 Å². The highest BCUT2D eigenvalue weighted by Gasteiger charge is 2.20. The number of hydrogen-bond donors (Lipinski definition) is 3. The quantitative estimate of drug-likeness (QED) is 0.518. The molecule has 2 aromatic carbocycles. The maximum absolute atomic E-state index is 13.2. The lowest BCUT2D eigenvalue weighted by molar-refractivity contribution is 0.102. The van der Waals surface area contributed by atoms with Gasteiger partial charge in [0, 0.05) is 22.3 Å². The van der Waals surface area contributed by atoms with Gasteiger partial charge in [0.2, 0.25) is 10.0 Å². The zero-order valence-corrected chi connectivity index (χ0v) is 14.0. The summed E-state index contributed by atoms with van der Waals surface area (Å²) in [6.45, 7) is 0. The van der Waals surface area contributed by atoms with Gasteiger partial charge < -0.3 is 11.1 Å². The van der Waals surface area contributed by atoms with Crippen molar-refractivity contribution in [1.82, 2.24) is 0 Å². The van der Waals surface area contributed by atoms with E-state index >= 15 is 0 Å². The van der Waals surface area contributed by atoms with Crippen LogP contribution in [0.25, 0.3) is 0 Å². The summed E-state index contributed by atoms with van der Waals surface area (Å²) >= 11 is 3.02. The number of rotatable bonds is 3. The van der Waals surface area contributed by atoms with Gasteiger partial charge in [-0.3, -0.25) is 4.79 Å². The first kappa shape index (κ1) is 18.2. The number of nitrogen functional groups attached to an aromatic ring is 1. The fourth-order valence-electron chi connectivity index (χ4n) is 1.82. The molecule has 6 nitrogen and oxygen atoms in total. The molecular weight excluding hydrogens is 415 g/mol. The van der Waals surface area contributed by atoms with E-state index in [2.05, 4.69) is 21.2 Å². The monoisotopic (exact) mass is 423 g/mol. The Bertz CT molecular complexity index is 928. The molecule has 0 spiro atoms. The molecule has 0 aromatic heterocycles. The van der Waals surface area contributed by atoms with Gasteiger partial charge in [-0.1, -0.05) is 0 Å². The lowest BCUT2D eigenvalue weighted by Crippen LogP contribution is -2.18. The molecule has 0 heterocycles. The SMILES string of the molecule is Nc1cc(Br)c(C(=O)Nc2cc(F)c(F)c(F)c2)cc1S(N)(=O)=O. The number of sulfonamides is 1. The van der Waals surface area contributed by atoms with Gasteiger partial charge in [0.25, 0.3) is 5.91 Å². The van der Waals surface area contributed by atoms with E-state index in [1.807, 2.05) is 0 Å². The van der Waals surface area contributed by atoms with Crippen molar-refractivity contribution in [2.75, 3.05) is 11.1 Å². The number of halogens is 4. The third-order valence-electron chi connectivity index (χ3n) is 2.89. The van der Waals surface area contributed by atoms with Crippen molar-refractivity contribution in [2.24, 2.45) is 5.14 Å². The largest absolute Gasteiger partial charge is 0.398 e. The molecule has 0 fully saturated rings. The van der Waals surface area contributed by atoms with Crippen molar-refractivity contribution in [3.8, 4) is 0 Å². The summed E-state index contributed by atoms with van der Waals surface area (Å²) in [5, 5.41) is 7.10. The van der Waals surface area contributed by atoms with E-state index in [9.17, 15) is 26.4 Å². The zero-order valence-electron chi connectivity index (χ0n) is 11.6. The van der Waals surface area contributed by atoms with Crippen molar-refractivity contribution in [3.63, 3.8) is 0 Å². The highest BCUT2D eigenvalue weighted by Crippen LogP contribution is 2.27. The van der Waals surface area contributed by atoms with Gasteiger partial charge >= 0.3 is 0 Å². The summed E-state index contributed by atoms with van der Waals surface area (Å²) in [4.78, 5) is 11.7. The second-order valence-electron chi connectivity index (χ2n) is 4.62. The average molecular weight is 424 g/mol. The molecule has 0 atom stereocenters. The molecule has 0 aliphatic carbocycles. The Morgan fingerprint density at radius 2 is 1.62 bits per heavy atom. The predicted molar refractivity (Wildman–Crippen MR) is 84.2 cm³/mol. The maximum Gasteiger partial charge on any atom is 0.256 e. The Morgan fingerprint density at radius 3 is 2.12 bits per heavy atom. The second-order valence-corrected chi connectivity index (χ2v) is 7.01. The summed E-state index contributed by atoms with van der Waals surface area (Å²) < 4.78 is 62.2. The fraction of sp³-hybridized carbons (Fsp3) is 0. The number of nitrogens with one attached hydrogen (secondary N) is 1. The van der Waals surface area contributed by atoms with E-state index in [0.29, 0.717) is 12.1 Å². The third-order valence-corrected chi connectivity index (χ3v) is 4.52. The molecule has 0 unspecified atom stereocenters. The Morgan fingerprint density at radius 1 is 1.08 bits per heavy atom. The molecule has 128 valence electrons. The number of nitrogens with two attached hydrogens (primary N) is 2. The Hall–Kier alpha value is -2.11. The zero-order chi connectivity index (χ0) is 18.2. The lowest BCUT2D eigenvalue weighted by Gasteiger charge is -2.11. The van der Waals surface area contributed by atoms with Gasteiger partial charge in [-0.15, -0.1) is 0 Å². The van der Waals surface area contributed by atoms with Crippen molar-refractivity contribution < 1.29 is 26.4 Å². The number of hydrogen-bond acceptors (Lipinski definition) is 4. The molecule has 0 radical (unpaired) electrons. The fourth-order valence-corrected chi connectivity index (χ4v) is 3.03. The van der Waals surface area contributed by atoms with Crippen LogP contribution >= 0.6 is 15.9 Å². The van der Waals surface area contributed by atoms with Crippen LogP contribution in [0.2, 0.25) is 0 Å². The van der Waals surface area contributed by atoms with E-state index in [-0.39, 0.29) is 21.4 Å². The molecule has 5 N–H and O–H groups in total. The molecule has 0 saturated carbocycles. The highest BCUT2D eigenvalue weighted by molar-refractivity contribution is 9.10. The van der Waals surface area contributed by atoms with Crippen LogP contribution in [-0.4, -0.2) is 14.3 Å². The first-order chi connectivity index (χ1) is 11.0. The summed E-state index contributed by atoms with van der Waals surface area (Å²) in [6, 6.07) is 3.19. The van der Waals surface area contributed by atoms with Crippen LogP contribution in [0.3, 0.4) is 0 Å². The van der Waals surface area contributed by atoms with E-state index in [1.54, 1.807) is 0 Å². The minimum Gasteiger partial charge on any atom is -0.398 e. The van der Waals surface area contributed by atoms with Crippen molar-refractivity contribution in [2.45, 2.75) is 4.90 Å². The molecule has 0 saturated heterocycles. The number of anilines is 2. The molecule has 0 aliphatic heterocycles. The van der Waals surface area contributed by atoms with Gasteiger partial charge in [0.1, 0.15) is 4.90 Å². The number of carbonyl (C=O) groups is 1. The van der Waals surface area contributed by atoms with Crippen LogP contribution in [0.5, 0.6) is 0 Å². The minimum atomic E-state index is -4.19. The number of amides is 1. The minimum absolute atomic E-state index is 0.118. The highest BCUT2D eigenvalue weighted by atomic mass is 79.9. The Kier molecular flexibility index (Phi) is 4.87. The van der Waals surface area contributed by atoms with Crippen molar-refractivity contribution in [1.29, 1.82) is 0 Å². The maximum atomic E-state index is 13.2. The predicted octanol–water partition coefficient (Wildman–Crippen LogP) is 2.35. The average Bonchev–Trinajstić information content (AvgIpc) is 2.43. The van der Waals surface area contributed by atoms with Crippen LogP contribution in [0.1, 0.15) is 10.4 Å². The van der Waals surface area contributed by atoms with Gasteiger partial charge in [-0.2, -0.15) is 0 Å². The number of carbonyl (C=O) groups excluding carboxylic acids is 1. The molecule has 2 rings (SSSR count). The van der Waals surface area contributed by atoms with Crippen molar-refractivity contribution in [3.05, 3.63) is 51.8 Å². The standard InChI is InChI=1S/C13H9BrF3N3O3S/c14-7-4-10(18)11(24(19,22)23)3-6(7)13(21)20-5-1-8(15)12(17)9(16)2-5/h1-4H,18H2,(H,20,21)(H2,19,22,23). The summed E-state index contributed by atoms with van der Waals surface area (Å²) in [5.74, 6) is -5.59. The van der Waals surface area contributed by atoms with Crippen LogP contribution < -0.4 is 16.2 Å². The topological polar surface area (TPSA) is 115 Å². The first-order valence-electron chi connectivity index (χ1n) is 6.08. The van der Waals surface area contributed by atoms with Crippen LogP contribution in [-0.2, 0) is 10.0 Å². The van der Waals surface area contributed by atoms with E-state index in [0.717, 1.165) is 12.1 Å². The normalized spacial score (nSPS) is 11.4. The van der Waals surface area contributed by atoms with Gasteiger partial charge in [0.05, 0.1) is 11.3 Å². The lowest BCUT2D eigenvalue weighted by atomic mass is 10.2. The van der Waals surface area contributed by atoms with Crippen LogP contribution in [0, 0.1) is 17.5 Å². The van der Waals surface area contributed by atoms with Gasteiger partial charge in [-0.25, -0.2) is 26.7 Å². The third kappa shape index (κ3) is 3.68. The molecule has 1 amide bonds. The molecular formula is C13H9BrF3N3O3S. The summed E-state index contributed by atoms with van der Waals surface area (Å²) in [5.41, 5.74) is 4.76. The van der Waals surface area contributed by atoms with Crippen LogP contribution in [0.4, 0.5) is 24.5 Å². The summed E-state index contributed by atoms with van der Waals surface area (Å²) in [7, 11) is -4.19. The molecule has 0 aliphatic rings. The van der Waals surface area contributed by atoms with E-state index in [4.69, 9.17) is 10.9 Å². The number of benzene rings is 2. The Balaban J connectivity index is 2.44. The second kappa shape index (κ2) is 6.42. The van der Waals surface area contributed by atoms with Gasteiger partial charge in [-0.05, 0) is 28.1 Å². The van der Waals surface area contributed by atoms with E-state index < -0.39 is 38.3 Å². The summed E-state index contributed by atoms with van der Waals surface area (Å²) in [6.07, 6.45) is 0.